The molecule has 0 radical (unpaired) electrons. The Morgan fingerprint density at radius 1 is 1.09 bits per heavy atom. The lowest BCUT2D eigenvalue weighted by Gasteiger charge is -2.34. The molecule has 0 aliphatic carbocycles. The van der Waals surface area contributed by atoms with Crippen molar-refractivity contribution in [2.24, 2.45) is 0 Å². The molecule has 1 aromatic heterocycles. The fourth-order valence-corrected chi connectivity index (χ4v) is 3.90. The second kappa shape index (κ2) is 9.16. The van der Waals surface area contributed by atoms with E-state index in [1.54, 1.807) is 42.5 Å². The van der Waals surface area contributed by atoms with Crippen LogP contribution in [0.25, 0.3) is 0 Å². The Hall–Kier alpha value is -3.89. The van der Waals surface area contributed by atoms with Crippen LogP contribution < -0.4 is 24.8 Å². The molecule has 4 rings (SSSR count). The van der Waals surface area contributed by atoms with Gasteiger partial charge in [-0.15, -0.1) is 0 Å². The standard InChI is InChI=1S/C23H23F3N4O4/c1-32-14-6-4-5-13(9-14)18-11-20(23(24,25)26)30-21(28-18)16(12-27-30)22(31)29-17-8-7-15(33-2)10-19(17)34-3/h4-10,12,18,20,28H,11H2,1-3H3,(H,29,31)/t18-,20-/m1/s1. The zero-order chi connectivity index (χ0) is 24.5. The van der Waals surface area contributed by atoms with E-state index < -0.39 is 24.2 Å². The van der Waals surface area contributed by atoms with Crippen molar-refractivity contribution in [2.75, 3.05) is 32.0 Å². The Morgan fingerprint density at radius 2 is 1.82 bits per heavy atom. The quantitative estimate of drug-likeness (QED) is 0.531. The van der Waals surface area contributed by atoms with Crippen molar-refractivity contribution < 1.29 is 32.2 Å². The lowest BCUT2D eigenvalue weighted by molar-refractivity contribution is -0.173. The Morgan fingerprint density at radius 3 is 2.50 bits per heavy atom. The van der Waals surface area contributed by atoms with E-state index in [0.29, 0.717) is 28.5 Å². The normalized spacial score (nSPS) is 17.4. The predicted octanol–water partition coefficient (Wildman–Crippen LogP) is 4.82. The Bertz CT molecular complexity index is 1200. The third-order valence-corrected chi connectivity index (χ3v) is 5.64. The molecule has 2 atom stereocenters. The molecule has 0 fully saturated rings. The number of carbonyl (C=O) groups is 1. The first-order chi connectivity index (χ1) is 16.2. The van der Waals surface area contributed by atoms with E-state index >= 15 is 0 Å². The molecule has 1 aliphatic heterocycles. The number of amides is 1. The molecule has 2 aromatic carbocycles. The third-order valence-electron chi connectivity index (χ3n) is 5.64. The SMILES string of the molecule is COc1cccc([C@H]2C[C@H](C(F)(F)F)n3ncc(C(=O)Nc4ccc(OC)cc4OC)c3N2)c1. The van der Waals surface area contributed by atoms with E-state index in [-0.39, 0.29) is 17.8 Å². The number of nitrogens with zero attached hydrogens (tertiary/aromatic N) is 2. The highest BCUT2D eigenvalue weighted by molar-refractivity contribution is 6.08. The highest BCUT2D eigenvalue weighted by atomic mass is 19.4. The van der Waals surface area contributed by atoms with Crippen LogP contribution in [0.15, 0.2) is 48.7 Å². The lowest BCUT2D eigenvalue weighted by Crippen LogP contribution is -2.36. The van der Waals surface area contributed by atoms with Crippen molar-refractivity contribution in [3.63, 3.8) is 0 Å². The summed E-state index contributed by atoms with van der Waals surface area (Å²) in [6.07, 6.45) is -3.73. The molecule has 34 heavy (non-hydrogen) atoms. The van der Waals surface area contributed by atoms with Crippen molar-refractivity contribution >= 4 is 17.4 Å². The van der Waals surface area contributed by atoms with Gasteiger partial charge < -0.3 is 24.8 Å². The van der Waals surface area contributed by atoms with Gasteiger partial charge in [-0.1, -0.05) is 12.1 Å². The van der Waals surface area contributed by atoms with Gasteiger partial charge in [-0.25, -0.2) is 4.68 Å². The molecule has 3 aromatic rings. The summed E-state index contributed by atoms with van der Waals surface area (Å²) in [6, 6.07) is 8.96. The maximum atomic E-state index is 13.9. The molecular weight excluding hydrogens is 453 g/mol. The Balaban J connectivity index is 1.69. The van der Waals surface area contributed by atoms with Gasteiger partial charge in [0.2, 0.25) is 0 Å². The monoisotopic (exact) mass is 476 g/mol. The summed E-state index contributed by atoms with van der Waals surface area (Å²) in [5.74, 6) is 0.722. The second-order valence-corrected chi connectivity index (χ2v) is 7.64. The molecule has 0 saturated heterocycles. The minimum absolute atomic E-state index is 0.0219. The summed E-state index contributed by atoms with van der Waals surface area (Å²) in [4.78, 5) is 13.1. The zero-order valence-corrected chi connectivity index (χ0v) is 18.6. The van der Waals surface area contributed by atoms with Gasteiger partial charge in [0.15, 0.2) is 6.04 Å². The highest BCUT2D eigenvalue weighted by Crippen LogP contribution is 2.44. The van der Waals surface area contributed by atoms with Crippen LogP contribution in [0.1, 0.15) is 34.4 Å². The number of anilines is 2. The minimum Gasteiger partial charge on any atom is -0.497 e. The number of halogens is 3. The first-order valence-corrected chi connectivity index (χ1v) is 10.3. The molecular formula is C23H23F3N4O4. The number of nitrogens with one attached hydrogen (secondary N) is 2. The fraction of sp³-hybridized carbons (Fsp3) is 0.304. The van der Waals surface area contributed by atoms with Gasteiger partial charge >= 0.3 is 6.18 Å². The van der Waals surface area contributed by atoms with Gasteiger partial charge in [-0.05, 0) is 29.8 Å². The van der Waals surface area contributed by atoms with E-state index in [1.807, 2.05) is 0 Å². The fourth-order valence-electron chi connectivity index (χ4n) is 3.90. The molecule has 0 spiro atoms. The molecule has 2 N–H and O–H groups in total. The van der Waals surface area contributed by atoms with E-state index in [4.69, 9.17) is 14.2 Å². The first kappa shape index (κ1) is 23.3. The van der Waals surface area contributed by atoms with Gasteiger partial charge in [-0.2, -0.15) is 18.3 Å². The number of aromatic nitrogens is 2. The van der Waals surface area contributed by atoms with Crippen molar-refractivity contribution in [1.82, 2.24) is 9.78 Å². The van der Waals surface area contributed by atoms with E-state index in [0.717, 1.165) is 10.9 Å². The molecule has 1 amide bonds. The smallest absolute Gasteiger partial charge is 0.410 e. The van der Waals surface area contributed by atoms with Crippen LogP contribution in [-0.2, 0) is 0 Å². The summed E-state index contributed by atoms with van der Waals surface area (Å²) in [7, 11) is 4.41. The number of fused-ring (bicyclic) bond motifs is 1. The molecule has 1 aliphatic rings. The number of methoxy groups -OCH3 is 3. The second-order valence-electron chi connectivity index (χ2n) is 7.64. The summed E-state index contributed by atoms with van der Waals surface area (Å²) < 4.78 is 58.3. The number of alkyl halides is 3. The molecule has 180 valence electrons. The highest BCUT2D eigenvalue weighted by Gasteiger charge is 2.47. The largest absolute Gasteiger partial charge is 0.497 e. The molecule has 8 nitrogen and oxygen atoms in total. The number of ether oxygens (including phenoxy) is 3. The topological polar surface area (TPSA) is 86.6 Å². The van der Waals surface area contributed by atoms with E-state index in [9.17, 15) is 18.0 Å². The van der Waals surface area contributed by atoms with Gasteiger partial charge in [0, 0.05) is 12.5 Å². The van der Waals surface area contributed by atoms with Crippen molar-refractivity contribution in [1.29, 1.82) is 0 Å². The molecule has 0 unspecified atom stereocenters. The number of benzene rings is 2. The van der Waals surface area contributed by atoms with Crippen LogP contribution in [0, 0.1) is 0 Å². The van der Waals surface area contributed by atoms with Gasteiger partial charge in [0.1, 0.15) is 28.6 Å². The van der Waals surface area contributed by atoms with Crippen LogP contribution in [0.3, 0.4) is 0 Å². The maximum Gasteiger partial charge on any atom is 0.410 e. The average molecular weight is 476 g/mol. The van der Waals surface area contributed by atoms with Gasteiger partial charge in [0.05, 0.1) is 39.3 Å². The zero-order valence-electron chi connectivity index (χ0n) is 18.6. The van der Waals surface area contributed by atoms with Crippen molar-refractivity contribution in [3.8, 4) is 17.2 Å². The maximum absolute atomic E-state index is 13.9. The Labute approximate surface area is 193 Å². The minimum atomic E-state index is -4.56. The van der Waals surface area contributed by atoms with E-state index in [2.05, 4.69) is 15.7 Å². The van der Waals surface area contributed by atoms with Crippen LogP contribution >= 0.6 is 0 Å². The summed E-state index contributed by atoms with van der Waals surface area (Å²) in [5.41, 5.74) is 0.907. The lowest BCUT2D eigenvalue weighted by atomic mass is 9.96. The molecule has 0 saturated carbocycles. The molecule has 0 bridgehead atoms. The van der Waals surface area contributed by atoms with Crippen LogP contribution in [0.2, 0.25) is 0 Å². The van der Waals surface area contributed by atoms with E-state index in [1.165, 1.54) is 21.3 Å². The number of hydrogen-bond acceptors (Lipinski definition) is 6. The average Bonchev–Trinajstić information content (AvgIpc) is 3.27. The number of rotatable bonds is 6. The molecule has 11 heteroatoms. The number of carbonyl (C=O) groups excluding carboxylic acids is 1. The van der Waals surface area contributed by atoms with Crippen molar-refractivity contribution in [3.05, 3.63) is 59.8 Å². The first-order valence-electron chi connectivity index (χ1n) is 10.3. The van der Waals surface area contributed by atoms with Crippen molar-refractivity contribution in [2.45, 2.75) is 24.7 Å². The summed E-state index contributed by atoms with van der Waals surface area (Å²) in [6.45, 7) is 0. The summed E-state index contributed by atoms with van der Waals surface area (Å²) >= 11 is 0. The van der Waals surface area contributed by atoms with Gasteiger partial charge in [-0.3, -0.25) is 4.79 Å². The molecule has 2 heterocycles. The third kappa shape index (κ3) is 4.45. The van der Waals surface area contributed by atoms with Gasteiger partial charge in [0.25, 0.3) is 5.91 Å². The summed E-state index contributed by atoms with van der Waals surface area (Å²) in [5, 5.41) is 9.64. The Kier molecular flexibility index (Phi) is 6.27. The predicted molar refractivity (Wildman–Crippen MR) is 119 cm³/mol. The van der Waals surface area contributed by atoms with Crippen LogP contribution in [0.5, 0.6) is 17.2 Å². The van der Waals surface area contributed by atoms with Crippen LogP contribution in [-0.4, -0.2) is 43.2 Å². The van der Waals surface area contributed by atoms with Crippen LogP contribution in [0.4, 0.5) is 24.7 Å². The number of hydrogen-bond donors (Lipinski definition) is 2.